The van der Waals surface area contributed by atoms with E-state index in [9.17, 15) is 43.2 Å². The van der Waals surface area contributed by atoms with Gasteiger partial charge in [0.1, 0.15) is 63.0 Å². The molecule has 0 aromatic rings. The summed E-state index contributed by atoms with van der Waals surface area (Å²) < 4.78 is 41.5. The lowest BCUT2D eigenvalue weighted by Crippen LogP contribution is -2.41. The third-order valence-electron chi connectivity index (χ3n) is 8.73. The normalized spacial score (nSPS) is 15.2. The quantitative estimate of drug-likeness (QED) is 0.0391. The fourth-order valence-electron chi connectivity index (χ4n) is 5.41. The smallest absolute Gasteiger partial charge is 0.333 e. The van der Waals surface area contributed by atoms with Gasteiger partial charge in [-0.05, 0) is 62.5 Å². The van der Waals surface area contributed by atoms with E-state index in [4.69, 9.17) is 37.9 Å². The number of rotatable bonds is 26. The zero-order valence-corrected chi connectivity index (χ0v) is 38.2. The van der Waals surface area contributed by atoms with Gasteiger partial charge in [0.25, 0.3) is 0 Å². The average Bonchev–Trinajstić information content (AvgIpc) is 3.19. The van der Waals surface area contributed by atoms with Gasteiger partial charge >= 0.3 is 47.8 Å². The molecule has 0 unspecified atom stereocenters. The number of carbonyl (C=O) groups is 9. The van der Waals surface area contributed by atoms with Crippen LogP contribution in [0.2, 0.25) is 0 Å². The molecule has 2 heterocycles. The van der Waals surface area contributed by atoms with Crippen LogP contribution in [0.25, 0.3) is 0 Å². The van der Waals surface area contributed by atoms with Crippen LogP contribution in [0.1, 0.15) is 78.1 Å². The van der Waals surface area contributed by atoms with Crippen LogP contribution in [0.5, 0.6) is 0 Å². The van der Waals surface area contributed by atoms with E-state index in [2.05, 4.69) is 6.58 Å². The van der Waals surface area contributed by atoms with Gasteiger partial charge in [0.05, 0.1) is 25.7 Å². The van der Waals surface area contributed by atoms with Crippen LogP contribution < -0.4 is 0 Å². The molecule has 0 aliphatic carbocycles. The van der Waals surface area contributed by atoms with Crippen molar-refractivity contribution in [1.82, 2.24) is 0 Å². The summed E-state index contributed by atoms with van der Waals surface area (Å²) in [4.78, 5) is 112. The van der Waals surface area contributed by atoms with Crippen molar-refractivity contribution in [2.75, 3.05) is 85.7 Å². The van der Waals surface area contributed by atoms with Crippen LogP contribution in [0, 0.1) is 5.41 Å². The molecule has 61 heavy (non-hydrogen) atoms. The summed E-state index contributed by atoms with van der Waals surface area (Å²) in [6.07, 6.45) is -0.824. The van der Waals surface area contributed by atoms with Gasteiger partial charge in [-0.3, -0.25) is 38.4 Å². The highest BCUT2D eigenvalue weighted by Gasteiger charge is 2.45. The number of hydrogen-bond donors (Lipinski definition) is 0. The molecule has 17 nitrogen and oxygen atoms in total. The van der Waals surface area contributed by atoms with E-state index in [1.54, 1.807) is 47.0 Å². The molecule has 0 aromatic carbocycles. The SMILES string of the molecule is C=C(C)C(=O)OCCOC(=O)C(CCC(=O)OCCOC(=O)CCC(=O)OC1CSCCCSC1)(CCC(=O)OCCOC(=O)CCC(=O)OC1CSCCCSC1)C(C)=O. The summed E-state index contributed by atoms with van der Waals surface area (Å²) >= 11 is 6.89. The van der Waals surface area contributed by atoms with Gasteiger partial charge in [0, 0.05) is 41.4 Å². The number of carbonyl (C=O) groups excluding carboxylic acids is 9. The Morgan fingerprint density at radius 1 is 0.475 bits per heavy atom. The first-order valence-electron chi connectivity index (χ1n) is 20.0. The fraction of sp³-hybridized carbons (Fsp3) is 0.725. The van der Waals surface area contributed by atoms with Crippen molar-refractivity contribution in [2.24, 2.45) is 5.41 Å². The molecule has 2 rings (SSSR count). The molecule has 0 spiro atoms. The maximum absolute atomic E-state index is 13.4. The van der Waals surface area contributed by atoms with E-state index in [1.807, 2.05) is 0 Å². The van der Waals surface area contributed by atoms with Gasteiger partial charge in [-0.25, -0.2) is 4.79 Å². The molecule has 2 aliphatic rings. The molecule has 0 saturated carbocycles. The minimum atomic E-state index is -2.01. The second kappa shape index (κ2) is 31.4. The van der Waals surface area contributed by atoms with Crippen molar-refractivity contribution < 1.29 is 81.0 Å². The molecule has 0 amide bonds. The number of esters is 8. The van der Waals surface area contributed by atoms with Crippen LogP contribution in [0.3, 0.4) is 0 Å². The Labute approximate surface area is 373 Å². The van der Waals surface area contributed by atoms with Crippen molar-refractivity contribution in [3.05, 3.63) is 12.2 Å². The highest BCUT2D eigenvalue weighted by molar-refractivity contribution is 8.01. The zero-order valence-electron chi connectivity index (χ0n) is 34.9. The Balaban J connectivity index is 1.81. The molecule has 0 N–H and O–H groups in total. The fourth-order valence-corrected chi connectivity index (χ4v) is 9.93. The second-order valence-electron chi connectivity index (χ2n) is 13.8. The Morgan fingerprint density at radius 3 is 1.16 bits per heavy atom. The molecule has 2 saturated heterocycles. The molecule has 2 fully saturated rings. The van der Waals surface area contributed by atoms with E-state index in [1.165, 1.54) is 6.92 Å². The minimum absolute atomic E-state index is 0.114. The van der Waals surface area contributed by atoms with Crippen molar-refractivity contribution in [3.8, 4) is 0 Å². The number of thioether (sulfide) groups is 4. The highest BCUT2D eigenvalue weighted by Crippen LogP contribution is 2.34. The van der Waals surface area contributed by atoms with Crippen LogP contribution in [0.15, 0.2) is 12.2 Å². The van der Waals surface area contributed by atoms with E-state index in [-0.39, 0.29) is 76.5 Å². The van der Waals surface area contributed by atoms with Gasteiger partial charge in [-0.15, -0.1) is 0 Å². The molecule has 21 heteroatoms. The predicted molar refractivity (Wildman–Crippen MR) is 229 cm³/mol. The molecule has 0 radical (unpaired) electrons. The van der Waals surface area contributed by atoms with Crippen LogP contribution in [-0.4, -0.2) is 151 Å². The van der Waals surface area contributed by atoms with E-state index >= 15 is 0 Å². The minimum Gasteiger partial charge on any atom is -0.462 e. The standard InChI is InChI=1S/C40H58O17S4/c1-28(2)38(48)54-18-19-55-39(49)40(29(3)41,12-10-34(44)52-16-14-50-32(42)6-8-36(46)56-30-24-58-20-4-21-59-25-30)13-11-35(45)53-17-15-51-33(43)7-9-37(47)57-31-26-60-22-5-23-61-27-31/h30-31H,1,4-27H2,2-3H3. The first kappa shape index (κ1) is 53.7. The molecular weight excluding hydrogens is 881 g/mol. The summed E-state index contributed by atoms with van der Waals surface area (Å²) in [6.45, 7) is 3.85. The molecule has 344 valence electrons. The Kier molecular flexibility index (Phi) is 27.7. The van der Waals surface area contributed by atoms with Gasteiger partial charge in [-0.2, -0.15) is 47.0 Å². The van der Waals surface area contributed by atoms with E-state index in [0.717, 1.165) is 42.8 Å². The van der Waals surface area contributed by atoms with Crippen LogP contribution in [0.4, 0.5) is 0 Å². The largest absolute Gasteiger partial charge is 0.462 e. The third kappa shape index (κ3) is 24.1. The Hall–Kier alpha value is -3.43. The highest BCUT2D eigenvalue weighted by atomic mass is 32.2. The third-order valence-corrected chi connectivity index (χ3v) is 13.5. The number of Topliss-reactive ketones (excluding diaryl/α,β-unsaturated/α-hetero) is 1. The summed E-state index contributed by atoms with van der Waals surface area (Å²) in [7, 11) is 0. The maximum atomic E-state index is 13.4. The van der Waals surface area contributed by atoms with E-state index in [0.29, 0.717) is 23.0 Å². The van der Waals surface area contributed by atoms with Crippen molar-refractivity contribution >= 4 is 101 Å². The van der Waals surface area contributed by atoms with Crippen LogP contribution in [-0.2, 0) is 81.0 Å². The maximum Gasteiger partial charge on any atom is 0.333 e. The number of ketones is 1. The van der Waals surface area contributed by atoms with Crippen molar-refractivity contribution in [2.45, 2.75) is 90.3 Å². The Morgan fingerprint density at radius 2 is 0.803 bits per heavy atom. The van der Waals surface area contributed by atoms with Gasteiger partial charge in [-0.1, -0.05) is 6.58 Å². The molecular formula is C40H58O17S4. The van der Waals surface area contributed by atoms with Crippen LogP contribution >= 0.6 is 47.0 Å². The lowest BCUT2D eigenvalue weighted by Gasteiger charge is -2.28. The summed E-state index contributed by atoms with van der Waals surface area (Å²) in [6, 6.07) is 0. The van der Waals surface area contributed by atoms with Crippen molar-refractivity contribution in [1.29, 1.82) is 0 Å². The van der Waals surface area contributed by atoms with Gasteiger partial charge in [0.2, 0.25) is 0 Å². The van der Waals surface area contributed by atoms with Gasteiger partial charge < -0.3 is 37.9 Å². The first-order valence-corrected chi connectivity index (χ1v) is 24.7. The molecule has 0 atom stereocenters. The molecule has 0 aromatic heterocycles. The number of hydrogen-bond acceptors (Lipinski definition) is 21. The average molecular weight is 939 g/mol. The Bertz CT molecular complexity index is 1400. The van der Waals surface area contributed by atoms with Crippen molar-refractivity contribution in [3.63, 3.8) is 0 Å². The lowest BCUT2D eigenvalue weighted by molar-refractivity contribution is -0.166. The van der Waals surface area contributed by atoms with E-state index < -0.39 is 91.2 Å². The second-order valence-corrected chi connectivity index (χ2v) is 18.4. The topological polar surface area (TPSA) is 227 Å². The summed E-state index contributed by atoms with van der Waals surface area (Å²) in [5.74, 6) is 0.188. The predicted octanol–water partition coefficient (Wildman–Crippen LogP) is 4.08. The monoisotopic (exact) mass is 938 g/mol. The van der Waals surface area contributed by atoms with Gasteiger partial charge in [0.15, 0.2) is 0 Å². The molecule has 2 aliphatic heterocycles. The number of ether oxygens (including phenoxy) is 8. The zero-order chi connectivity index (χ0) is 44.9. The first-order chi connectivity index (χ1) is 29.2. The summed E-state index contributed by atoms with van der Waals surface area (Å²) in [5, 5.41) is 0. The lowest BCUT2D eigenvalue weighted by atomic mass is 9.75. The summed E-state index contributed by atoms with van der Waals surface area (Å²) in [5.41, 5.74) is -1.90. The molecule has 0 bridgehead atoms.